The molecule has 0 aromatic carbocycles. The number of carbonyl (C=O) groups is 1. The van der Waals surface area contributed by atoms with Gasteiger partial charge in [-0.2, -0.15) is 0 Å². The van der Waals surface area contributed by atoms with Crippen LogP contribution in [0.15, 0.2) is 29.4 Å². The summed E-state index contributed by atoms with van der Waals surface area (Å²) < 4.78 is 5.55. The van der Waals surface area contributed by atoms with Crippen LogP contribution in [0.5, 0.6) is 0 Å². The number of anilines is 1. The van der Waals surface area contributed by atoms with E-state index in [1.807, 2.05) is 44.0 Å². The Morgan fingerprint density at radius 1 is 1.19 bits per heavy atom. The van der Waals surface area contributed by atoms with Crippen LogP contribution < -0.4 is 10.2 Å². The van der Waals surface area contributed by atoms with E-state index in [4.69, 9.17) is 9.73 Å². The van der Waals surface area contributed by atoms with Gasteiger partial charge >= 0.3 is 6.09 Å². The SMILES string of the molecule is CCNC(=NCC1CCCN(C(=O)OC(C)(C)C)C1)N1CCN(c2ccccn2)CC1. The number of likely N-dealkylation sites (tertiary alicyclic amines) is 1. The fourth-order valence-corrected chi connectivity index (χ4v) is 4.04. The Labute approximate surface area is 186 Å². The van der Waals surface area contributed by atoms with E-state index in [1.54, 1.807) is 0 Å². The zero-order valence-electron chi connectivity index (χ0n) is 19.5. The van der Waals surface area contributed by atoms with Crippen molar-refractivity contribution < 1.29 is 9.53 Å². The molecule has 1 aromatic rings. The van der Waals surface area contributed by atoms with Crippen molar-refractivity contribution in [2.24, 2.45) is 10.9 Å². The van der Waals surface area contributed by atoms with Gasteiger partial charge in [-0.05, 0) is 58.6 Å². The summed E-state index contributed by atoms with van der Waals surface area (Å²) in [6.07, 6.45) is 3.73. The minimum absolute atomic E-state index is 0.210. The van der Waals surface area contributed by atoms with Gasteiger partial charge in [0.25, 0.3) is 0 Å². The lowest BCUT2D eigenvalue weighted by molar-refractivity contribution is 0.0170. The summed E-state index contributed by atoms with van der Waals surface area (Å²) in [5, 5.41) is 3.45. The van der Waals surface area contributed by atoms with E-state index < -0.39 is 5.60 Å². The molecule has 1 amide bonds. The first-order valence-electron chi connectivity index (χ1n) is 11.5. The summed E-state index contributed by atoms with van der Waals surface area (Å²) in [5.41, 5.74) is -0.461. The van der Waals surface area contributed by atoms with Gasteiger partial charge in [0.05, 0.1) is 0 Å². The van der Waals surface area contributed by atoms with E-state index in [2.05, 4.69) is 33.1 Å². The third kappa shape index (κ3) is 7.01. The van der Waals surface area contributed by atoms with Crippen molar-refractivity contribution >= 4 is 17.9 Å². The number of aromatic nitrogens is 1. The van der Waals surface area contributed by atoms with Gasteiger partial charge in [-0.3, -0.25) is 4.99 Å². The number of nitrogens with zero attached hydrogens (tertiary/aromatic N) is 5. The molecule has 3 heterocycles. The molecular formula is C23H38N6O2. The summed E-state index contributed by atoms with van der Waals surface area (Å²) in [6, 6.07) is 6.05. The van der Waals surface area contributed by atoms with E-state index in [9.17, 15) is 4.79 Å². The highest BCUT2D eigenvalue weighted by molar-refractivity contribution is 5.80. The Morgan fingerprint density at radius 3 is 2.61 bits per heavy atom. The van der Waals surface area contributed by atoms with Gasteiger partial charge < -0.3 is 24.8 Å². The van der Waals surface area contributed by atoms with Crippen LogP contribution in [0.25, 0.3) is 0 Å². The molecule has 2 saturated heterocycles. The summed E-state index contributed by atoms with van der Waals surface area (Å²) in [4.78, 5) is 28.3. The third-order valence-corrected chi connectivity index (χ3v) is 5.56. The minimum Gasteiger partial charge on any atom is -0.444 e. The van der Waals surface area contributed by atoms with Gasteiger partial charge in [0.1, 0.15) is 11.4 Å². The summed E-state index contributed by atoms with van der Waals surface area (Å²) in [5.74, 6) is 2.37. The smallest absolute Gasteiger partial charge is 0.410 e. The fraction of sp³-hybridized carbons (Fsp3) is 0.696. The molecule has 3 rings (SSSR count). The number of pyridine rings is 1. The molecule has 8 heteroatoms. The number of rotatable bonds is 4. The number of piperidine rings is 1. The van der Waals surface area contributed by atoms with Crippen molar-refractivity contribution in [3.05, 3.63) is 24.4 Å². The number of amides is 1. The average molecular weight is 431 g/mol. The monoisotopic (exact) mass is 430 g/mol. The second-order valence-electron chi connectivity index (χ2n) is 9.29. The molecule has 172 valence electrons. The molecule has 0 bridgehead atoms. The van der Waals surface area contributed by atoms with Crippen LogP contribution in [0.2, 0.25) is 0 Å². The van der Waals surface area contributed by atoms with E-state index in [-0.39, 0.29) is 6.09 Å². The summed E-state index contributed by atoms with van der Waals surface area (Å²) in [6.45, 7) is 14.6. The van der Waals surface area contributed by atoms with Crippen molar-refractivity contribution in [1.82, 2.24) is 20.1 Å². The Bertz CT molecular complexity index is 725. The molecule has 1 atom stereocenters. The zero-order chi connectivity index (χ0) is 22.3. The molecule has 0 aliphatic carbocycles. The average Bonchev–Trinajstić information content (AvgIpc) is 2.76. The largest absolute Gasteiger partial charge is 0.444 e. The molecule has 31 heavy (non-hydrogen) atoms. The van der Waals surface area contributed by atoms with E-state index >= 15 is 0 Å². The second-order valence-corrected chi connectivity index (χ2v) is 9.29. The van der Waals surface area contributed by atoms with Gasteiger partial charge in [0.15, 0.2) is 5.96 Å². The van der Waals surface area contributed by atoms with Gasteiger partial charge in [-0.1, -0.05) is 6.07 Å². The molecule has 2 aliphatic rings. The van der Waals surface area contributed by atoms with Crippen LogP contribution in [-0.2, 0) is 4.74 Å². The standard InChI is InChI=1S/C23H38N6O2/c1-5-24-21(28-15-13-27(14-16-28)20-10-6-7-11-25-20)26-17-19-9-8-12-29(18-19)22(30)31-23(2,3)4/h6-7,10-11,19H,5,8-9,12-18H2,1-4H3,(H,24,26). The molecule has 0 saturated carbocycles. The van der Waals surface area contributed by atoms with Crippen LogP contribution in [0.3, 0.4) is 0 Å². The third-order valence-electron chi connectivity index (χ3n) is 5.56. The highest BCUT2D eigenvalue weighted by Crippen LogP contribution is 2.20. The van der Waals surface area contributed by atoms with Crippen molar-refractivity contribution in [2.75, 3.05) is 57.3 Å². The van der Waals surface area contributed by atoms with E-state index in [1.165, 1.54) is 0 Å². The second kappa shape index (κ2) is 10.7. The summed E-state index contributed by atoms with van der Waals surface area (Å²) in [7, 11) is 0. The zero-order valence-corrected chi connectivity index (χ0v) is 19.5. The lowest BCUT2D eigenvalue weighted by atomic mass is 9.98. The predicted molar refractivity (Wildman–Crippen MR) is 125 cm³/mol. The number of guanidine groups is 1. The van der Waals surface area contributed by atoms with Crippen LogP contribution >= 0.6 is 0 Å². The van der Waals surface area contributed by atoms with Crippen LogP contribution in [-0.4, -0.2) is 84.8 Å². The maximum Gasteiger partial charge on any atom is 0.410 e. The minimum atomic E-state index is -0.461. The Kier molecular flexibility index (Phi) is 7.98. The van der Waals surface area contributed by atoms with Gasteiger partial charge in [0, 0.05) is 58.6 Å². The molecule has 1 N–H and O–H groups in total. The first-order chi connectivity index (χ1) is 14.9. The maximum atomic E-state index is 12.4. The molecule has 2 aliphatic heterocycles. The molecular weight excluding hydrogens is 392 g/mol. The molecule has 1 unspecified atom stereocenters. The highest BCUT2D eigenvalue weighted by atomic mass is 16.6. The Balaban J connectivity index is 1.54. The lowest BCUT2D eigenvalue weighted by Crippen LogP contribution is -2.53. The number of hydrogen-bond donors (Lipinski definition) is 1. The van der Waals surface area contributed by atoms with Crippen LogP contribution in [0.1, 0.15) is 40.5 Å². The topological polar surface area (TPSA) is 73.3 Å². The molecule has 1 aromatic heterocycles. The van der Waals surface area contributed by atoms with Crippen molar-refractivity contribution in [1.29, 1.82) is 0 Å². The lowest BCUT2D eigenvalue weighted by Gasteiger charge is -2.37. The highest BCUT2D eigenvalue weighted by Gasteiger charge is 2.28. The van der Waals surface area contributed by atoms with E-state index in [0.29, 0.717) is 12.5 Å². The number of ether oxygens (including phenoxy) is 1. The fourth-order valence-electron chi connectivity index (χ4n) is 4.04. The van der Waals surface area contributed by atoms with Gasteiger partial charge in [-0.25, -0.2) is 9.78 Å². The number of nitrogens with one attached hydrogen (secondary N) is 1. The molecule has 0 radical (unpaired) electrons. The van der Waals surface area contributed by atoms with Gasteiger partial charge in [0.2, 0.25) is 0 Å². The number of piperazine rings is 1. The molecule has 8 nitrogen and oxygen atoms in total. The molecule has 2 fully saturated rings. The first kappa shape index (κ1) is 23.2. The predicted octanol–water partition coefficient (Wildman–Crippen LogP) is 2.82. The quantitative estimate of drug-likeness (QED) is 0.585. The van der Waals surface area contributed by atoms with Crippen molar-refractivity contribution in [3.8, 4) is 0 Å². The first-order valence-corrected chi connectivity index (χ1v) is 11.5. The Morgan fingerprint density at radius 2 is 1.97 bits per heavy atom. The van der Waals surface area contributed by atoms with Crippen molar-refractivity contribution in [3.63, 3.8) is 0 Å². The normalized spacial score (nSPS) is 20.6. The van der Waals surface area contributed by atoms with Crippen molar-refractivity contribution in [2.45, 2.75) is 46.1 Å². The number of hydrogen-bond acceptors (Lipinski definition) is 5. The van der Waals surface area contributed by atoms with Crippen LogP contribution in [0, 0.1) is 5.92 Å². The molecule has 0 spiro atoms. The van der Waals surface area contributed by atoms with Gasteiger partial charge in [-0.15, -0.1) is 0 Å². The summed E-state index contributed by atoms with van der Waals surface area (Å²) >= 11 is 0. The van der Waals surface area contributed by atoms with Crippen LogP contribution in [0.4, 0.5) is 10.6 Å². The number of carbonyl (C=O) groups excluding carboxylic acids is 1. The maximum absolute atomic E-state index is 12.4. The Hall–Kier alpha value is -2.51. The van der Waals surface area contributed by atoms with E-state index in [0.717, 1.165) is 70.4 Å². The number of aliphatic imine (C=N–C) groups is 1.